The number of imidazole rings is 1. The number of anilines is 1. The lowest BCUT2D eigenvalue weighted by atomic mass is 9.87. The van der Waals surface area contributed by atoms with E-state index in [-0.39, 0.29) is 11.7 Å². The number of fused-ring (bicyclic) bond motifs is 2. The third kappa shape index (κ3) is 5.32. The van der Waals surface area contributed by atoms with E-state index >= 15 is 0 Å². The van der Waals surface area contributed by atoms with Crippen LogP contribution in [-0.4, -0.2) is 38.1 Å². The van der Waals surface area contributed by atoms with E-state index in [1.807, 2.05) is 36.5 Å². The Kier molecular flexibility index (Phi) is 7.03. The molecular formula is C34H31FN6O. The number of pyridine rings is 2. The van der Waals surface area contributed by atoms with Crippen molar-refractivity contribution in [2.75, 3.05) is 11.9 Å². The van der Waals surface area contributed by atoms with E-state index in [1.54, 1.807) is 24.5 Å². The molecule has 1 aliphatic carbocycles. The van der Waals surface area contributed by atoms with Crippen molar-refractivity contribution in [1.29, 1.82) is 0 Å². The number of carbonyl (C=O) groups is 1. The summed E-state index contributed by atoms with van der Waals surface area (Å²) in [6.07, 6.45) is 12.7. The van der Waals surface area contributed by atoms with Gasteiger partial charge in [-0.3, -0.25) is 19.8 Å². The molecule has 7 rings (SSSR count). The van der Waals surface area contributed by atoms with Gasteiger partial charge < -0.3 is 10.3 Å². The Morgan fingerprint density at radius 2 is 1.81 bits per heavy atom. The van der Waals surface area contributed by atoms with Crippen molar-refractivity contribution in [3.8, 4) is 22.4 Å². The van der Waals surface area contributed by atoms with E-state index in [0.717, 1.165) is 69.5 Å². The molecule has 0 unspecified atom stereocenters. The van der Waals surface area contributed by atoms with Gasteiger partial charge in [0.25, 0.3) is 0 Å². The molecule has 1 fully saturated rings. The molecule has 0 radical (unpaired) electrons. The average Bonchev–Trinajstić information content (AvgIpc) is 3.46. The van der Waals surface area contributed by atoms with Crippen molar-refractivity contribution in [1.82, 2.24) is 19.9 Å². The first-order chi connectivity index (χ1) is 20.6. The summed E-state index contributed by atoms with van der Waals surface area (Å²) in [5.41, 5.74) is 8.63. The first-order valence-corrected chi connectivity index (χ1v) is 14.6. The van der Waals surface area contributed by atoms with E-state index < -0.39 is 0 Å². The standard InChI is InChI=1S/C34H31FN6O/c35-25-11-9-22(10-12-25)27-7-4-8-29-32(27)41-34(40-29)33-28-17-30(38-19-23(28)13-14-37-33)24-16-26(20-36-18-24)39-31(42)15-21-5-2-1-3-6-21/h4,7-12,16-21H,1-3,5-6,13-15H2,(H,39,42)(H,40,41). The van der Waals surface area contributed by atoms with Crippen molar-refractivity contribution < 1.29 is 9.18 Å². The average molecular weight is 559 g/mol. The summed E-state index contributed by atoms with van der Waals surface area (Å²) in [5, 5.41) is 3.04. The van der Waals surface area contributed by atoms with Gasteiger partial charge in [0.05, 0.1) is 28.6 Å². The van der Waals surface area contributed by atoms with E-state index in [0.29, 0.717) is 30.4 Å². The summed E-state index contributed by atoms with van der Waals surface area (Å²) in [7, 11) is 0. The van der Waals surface area contributed by atoms with Gasteiger partial charge >= 0.3 is 0 Å². The molecule has 1 saturated carbocycles. The Hall–Kier alpha value is -4.72. The summed E-state index contributed by atoms with van der Waals surface area (Å²) in [4.78, 5) is 35.2. The molecule has 0 atom stereocenters. The Morgan fingerprint density at radius 1 is 0.952 bits per heavy atom. The first-order valence-electron chi connectivity index (χ1n) is 14.6. The highest BCUT2D eigenvalue weighted by molar-refractivity contribution is 6.14. The molecule has 42 heavy (non-hydrogen) atoms. The van der Waals surface area contributed by atoms with Crippen LogP contribution >= 0.6 is 0 Å². The highest BCUT2D eigenvalue weighted by Crippen LogP contribution is 2.31. The number of nitrogens with one attached hydrogen (secondary N) is 2. The number of halogens is 1. The SMILES string of the molecule is O=C(CC1CCCCC1)Nc1cncc(-c2cc3c(cn2)CCN=C3c2nc3c(-c4ccc(F)cc4)cccc3[nH]2)c1. The van der Waals surface area contributed by atoms with Crippen LogP contribution in [0.5, 0.6) is 0 Å². The smallest absolute Gasteiger partial charge is 0.224 e. The predicted octanol–water partition coefficient (Wildman–Crippen LogP) is 7.13. The lowest BCUT2D eigenvalue weighted by Crippen LogP contribution is -2.18. The maximum atomic E-state index is 13.6. The summed E-state index contributed by atoms with van der Waals surface area (Å²) >= 11 is 0. The van der Waals surface area contributed by atoms with Crippen LogP contribution in [0.15, 0.2) is 78.2 Å². The number of amides is 1. The molecule has 2 N–H and O–H groups in total. The lowest BCUT2D eigenvalue weighted by Gasteiger charge is -2.20. The Balaban J connectivity index is 1.17. The normalized spacial score (nSPS) is 15.3. The van der Waals surface area contributed by atoms with Crippen LogP contribution < -0.4 is 5.32 Å². The Morgan fingerprint density at radius 3 is 2.67 bits per heavy atom. The molecular weight excluding hydrogens is 527 g/mol. The number of rotatable bonds is 6. The van der Waals surface area contributed by atoms with Gasteiger partial charge in [-0.1, -0.05) is 43.5 Å². The van der Waals surface area contributed by atoms with Crippen molar-refractivity contribution >= 4 is 28.3 Å². The first kappa shape index (κ1) is 26.2. The van der Waals surface area contributed by atoms with E-state index in [2.05, 4.69) is 15.3 Å². The minimum absolute atomic E-state index is 0.0403. The highest BCUT2D eigenvalue weighted by Gasteiger charge is 2.22. The third-order valence-electron chi connectivity index (χ3n) is 8.30. The maximum absolute atomic E-state index is 13.6. The fraction of sp³-hybridized carbons (Fsp3) is 0.265. The molecule has 1 aliphatic heterocycles. The fourth-order valence-corrected chi connectivity index (χ4v) is 6.16. The van der Waals surface area contributed by atoms with Crippen molar-refractivity contribution in [2.24, 2.45) is 10.9 Å². The van der Waals surface area contributed by atoms with Gasteiger partial charge in [-0.2, -0.15) is 0 Å². The van der Waals surface area contributed by atoms with Crippen LogP contribution in [0.1, 0.15) is 55.5 Å². The van der Waals surface area contributed by atoms with Crippen LogP contribution in [0.4, 0.5) is 10.1 Å². The molecule has 210 valence electrons. The number of carbonyl (C=O) groups excluding carboxylic acids is 1. The number of benzene rings is 2. The van der Waals surface area contributed by atoms with Crippen LogP contribution in [0, 0.1) is 11.7 Å². The molecule has 3 aromatic heterocycles. The van der Waals surface area contributed by atoms with Crippen molar-refractivity contribution in [3.05, 3.63) is 96.0 Å². The fourth-order valence-electron chi connectivity index (χ4n) is 6.16. The van der Waals surface area contributed by atoms with Gasteiger partial charge in [0.15, 0.2) is 5.82 Å². The van der Waals surface area contributed by atoms with Gasteiger partial charge in [-0.05, 0) is 66.6 Å². The van der Waals surface area contributed by atoms with Crippen molar-refractivity contribution in [3.63, 3.8) is 0 Å². The van der Waals surface area contributed by atoms with Crippen molar-refractivity contribution in [2.45, 2.75) is 44.9 Å². The number of aliphatic imine (C=N–C) groups is 1. The number of aromatic amines is 1. The molecule has 0 bridgehead atoms. The summed E-state index contributed by atoms with van der Waals surface area (Å²) in [5.74, 6) is 0.923. The molecule has 1 amide bonds. The largest absolute Gasteiger partial charge is 0.337 e. The number of aromatic nitrogens is 4. The molecule has 0 saturated heterocycles. The molecule has 8 heteroatoms. The molecule has 7 nitrogen and oxygen atoms in total. The van der Waals surface area contributed by atoms with Gasteiger partial charge in [-0.25, -0.2) is 9.37 Å². The molecule has 4 heterocycles. The zero-order valence-corrected chi connectivity index (χ0v) is 23.2. The van der Waals surface area contributed by atoms with E-state index in [4.69, 9.17) is 15.0 Å². The minimum atomic E-state index is -0.270. The number of hydrogen-bond donors (Lipinski definition) is 2. The number of para-hydroxylation sites is 1. The second-order valence-electron chi connectivity index (χ2n) is 11.2. The van der Waals surface area contributed by atoms with Crippen LogP contribution in [0.25, 0.3) is 33.4 Å². The molecule has 0 spiro atoms. The number of hydrogen-bond acceptors (Lipinski definition) is 5. The second-order valence-corrected chi connectivity index (χ2v) is 11.2. The Bertz CT molecular complexity index is 1800. The monoisotopic (exact) mass is 558 g/mol. The van der Waals surface area contributed by atoms with Gasteiger partial charge in [0.2, 0.25) is 5.91 Å². The van der Waals surface area contributed by atoms with Gasteiger partial charge in [0.1, 0.15) is 11.5 Å². The minimum Gasteiger partial charge on any atom is -0.337 e. The number of H-pyrrole nitrogens is 1. The maximum Gasteiger partial charge on any atom is 0.224 e. The zero-order valence-electron chi connectivity index (χ0n) is 23.2. The van der Waals surface area contributed by atoms with E-state index in [9.17, 15) is 9.18 Å². The predicted molar refractivity (Wildman–Crippen MR) is 163 cm³/mol. The van der Waals surface area contributed by atoms with E-state index in [1.165, 1.54) is 31.4 Å². The quantitative estimate of drug-likeness (QED) is 0.232. The summed E-state index contributed by atoms with van der Waals surface area (Å²) in [6.45, 7) is 0.648. The Labute approximate surface area is 243 Å². The second kappa shape index (κ2) is 11.3. The molecule has 2 aromatic carbocycles. The van der Waals surface area contributed by atoms with Gasteiger partial charge in [0, 0.05) is 42.0 Å². The topological polar surface area (TPSA) is 95.9 Å². The highest BCUT2D eigenvalue weighted by atomic mass is 19.1. The van der Waals surface area contributed by atoms with Gasteiger partial charge in [-0.15, -0.1) is 0 Å². The molecule has 5 aromatic rings. The molecule has 2 aliphatic rings. The number of nitrogens with zero attached hydrogens (tertiary/aromatic N) is 4. The summed E-state index contributed by atoms with van der Waals surface area (Å²) < 4.78 is 13.6. The van der Waals surface area contributed by atoms with Crippen LogP contribution in [0.3, 0.4) is 0 Å². The summed E-state index contributed by atoms with van der Waals surface area (Å²) in [6, 6.07) is 16.4. The zero-order chi connectivity index (χ0) is 28.5. The third-order valence-corrected chi connectivity index (χ3v) is 8.30. The lowest BCUT2D eigenvalue weighted by molar-refractivity contribution is -0.117. The van der Waals surface area contributed by atoms with Crippen LogP contribution in [-0.2, 0) is 11.2 Å². The van der Waals surface area contributed by atoms with Crippen LogP contribution in [0.2, 0.25) is 0 Å².